The molecule has 0 radical (unpaired) electrons. The standard InChI is InChI=1S/C25H27N7O5S.ClH/c1-3-16-4-5-19(36-15-23-27-6-7-28-23)22(10-16)38(33,34)31-25-24-20(35-2)8-17(9-21(24)37-30-25)13-32-14-18(11-26)12-29-32;/h4-10,12,14H,3,11,13,15,26H2,1-2H3,(H,27,28)(H,30,31);1H. The highest BCUT2D eigenvalue weighted by Crippen LogP contribution is 2.36. The number of nitrogens with two attached hydrogens (primary N) is 1. The molecule has 4 N–H and O–H groups in total. The van der Waals surface area contributed by atoms with Gasteiger partial charge in [-0.25, -0.2) is 13.4 Å². The zero-order valence-electron chi connectivity index (χ0n) is 21.2. The van der Waals surface area contributed by atoms with Crippen LogP contribution in [0.15, 0.2) is 64.5 Å². The van der Waals surface area contributed by atoms with Crippen molar-refractivity contribution in [3.63, 3.8) is 0 Å². The molecule has 0 saturated heterocycles. The quantitative estimate of drug-likeness (QED) is 0.214. The number of aromatic amines is 1. The van der Waals surface area contributed by atoms with E-state index in [-0.39, 0.29) is 35.5 Å². The van der Waals surface area contributed by atoms with Gasteiger partial charge in [0.25, 0.3) is 10.0 Å². The molecular weight excluding hydrogens is 546 g/mol. The van der Waals surface area contributed by atoms with E-state index < -0.39 is 10.0 Å². The van der Waals surface area contributed by atoms with E-state index in [1.165, 1.54) is 7.11 Å². The Kier molecular flexibility index (Phi) is 8.43. The van der Waals surface area contributed by atoms with E-state index in [4.69, 9.17) is 19.7 Å². The van der Waals surface area contributed by atoms with Crippen molar-refractivity contribution in [2.24, 2.45) is 5.73 Å². The molecule has 0 unspecified atom stereocenters. The molecule has 0 aliphatic heterocycles. The number of imidazole rings is 1. The third-order valence-corrected chi connectivity index (χ3v) is 7.30. The summed E-state index contributed by atoms with van der Waals surface area (Å²) in [6.07, 6.45) is 7.47. The average Bonchev–Trinajstić information content (AvgIpc) is 3.69. The van der Waals surface area contributed by atoms with Gasteiger partial charge in [-0.3, -0.25) is 9.40 Å². The molecule has 5 aromatic rings. The Morgan fingerprint density at radius 1 is 1.15 bits per heavy atom. The molecule has 0 amide bonds. The smallest absolute Gasteiger partial charge is 0.266 e. The van der Waals surface area contributed by atoms with Crippen molar-refractivity contribution in [2.45, 2.75) is 37.9 Å². The molecule has 0 aliphatic carbocycles. The second kappa shape index (κ2) is 11.8. The molecule has 206 valence electrons. The summed E-state index contributed by atoms with van der Waals surface area (Å²) in [7, 11) is -2.63. The Labute approximate surface area is 231 Å². The Morgan fingerprint density at radius 3 is 2.69 bits per heavy atom. The number of nitrogens with zero attached hydrogens (tertiary/aromatic N) is 4. The van der Waals surface area contributed by atoms with Gasteiger partial charge >= 0.3 is 0 Å². The summed E-state index contributed by atoms with van der Waals surface area (Å²) in [6.45, 7) is 2.85. The Bertz CT molecular complexity index is 1670. The first-order valence-corrected chi connectivity index (χ1v) is 13.3. The fourth-order valence-corrected chi connectivity index (χ4v) is 5.21. The minimum atomic E-state index is -4.12. The van der Waals surface area contributed by atoms with Gasteiger partial charge in [0.2, 0.25) is 0 Å². The number of H-pyrrole nitrogens is 1. The number of anilines is 1. The van der Waals surface area contributed by atoms with Crippen LogP contribution < -0.4 is 19.9 Å². The number of ether oxygens (including phenoxy) is 2. The zero-order chi connectivity index (χ0) is 26.7. The van der Waals surface area contributed by atoms with Crippen LogP contribution in [0.1, 0.15) is 29.4 Å². The van der Waals surface area contributed by atoms with E-state index in [0.717, 1.165) is 16.7 Å². The number of hydrogen-bond donors (Lipinski definition) is 3. The number of aromatic nitrogens is 5. The first-order valence-electron chi connectivity index (χ1n) is 11.8. The lowest BCUT2D eigenvalue weighted by Gasteiger charge is -2.14. The molecule has 0 bridgehead atoms. The van der Waals surface area contributed by atoms with Gasteiger partial charge in [-0.15, -0.1) is 12.4 Å². The van der Waals surface area contributed by atoms with Crippen LogP contribution in [0.2, 0.25) is 0 Å². The molecule has 12 nitrogen and oxygen atoms in total. The van der Waals surface area contributed by atoms with E-state index in [2.05, 4.69) is 24.9 Å². The maximum Gasteiger partial charge on any atom is 0.266 e. The van der Waals surface area contributed by atoms with Crippen LogP contribution in [-0.4, -0.2) is 40.4 Å². The highest BCUT2D eigenvalue weighted by molar-refractivity contribution is 7.92. The van der Waals surface area contributed by atoms with Crippen LogP contribution in [0.4, 0.5) is 5.82 Å². The van der Waals surface area contributed by atoms with Gasteiger partial charge in [0.05, 0.1) is 19.9 Å². The van der Waals surface area contributed by atoms with Crippen LogP contribution in [-0.2, 0) is 36.1 Å². The monoisotopic (exact) mass is 573 g/mol. The predicted molar refractivity (Wildman–Crippen MR) is 147 cm³/mol. The molecule has 0 atom stereocenters. The highest BCUT2D eigenvalue weighted by Gasteiger charge is 2.25. The summed E-state index contributed by atoms with van der Waals surface area (Å²) in [5.74, 6) is 1.16. The molecule has 14 heteroatoms. The molecule has 0 spiro atoms. The number of methoxy groups -OCH3 is 1. The van der Waals surface area contributed by atoms with Gasteiger partial charge in [0.15, 0.2) is 11.4 Å². The fourth-order valence-electron chi connectivity index (χ4n) is 4.00. The third kappa shape index (κ3) is 6.00. The van der Waals surface area contributed by atoms with Crippen molar-refractivity contribution < 1.29 is 22.4 Å². The van der Waals surface area contributed by atoms with Gasteiger partial charge in [-0.2, -0.15) is 5.10 Å². The second-order valence-electron chi connectivity index (χ2n) is 8.52. The summed E-state index contributed by atoms with van der Waals surface area (Å²) in [4.78, 5) is 7.03. The third-order valence-electron chi connectivity index (χ3n) is 5.94. The van der Waals surface area contributed by atoms with Gasteiger partial charge < -0.3 is 24.7 Å². The molecule has 3 heterocycles. The SMILES string of the molecule is CCc1ccc(OCc2ncc[nH]2)c(S(=O)(=O)Nc2noc3cc(Cn4cc(CN)cn4)cc(OC)c23)c1.Cl. The maximum atomic E-state index is 13.6. The summed E-state index contributed by atoms with van der Waals surface area (Å²) in [5, 5.41) is 8.69. The number of sulfonamides is 1. The number of halogens is 1. The van der Waals surface area contributed by atoms with Crippen LogP contribution in [0.3, 0.4) is 0 Å². The second-order valence-corrected chi connectivity index (χ2v) is 10.2. The molecule has 5 rings (SSSR count). The molecule has 2 aromatic carbocycles. The number of rotatable bonds is 11. The minimum Gasteiger partial charge on any atom is -0.496 e. The lowest BCUT2D eigenvalue weighted by molar-refractivity contribution is 0.289. The van der Waals surface area contributed by atoms with Crippen LogP contribution >= 0.6 is 12.4 Å². The molecular formula is C25H28ClN7O5S. The Hall–Kier alpha value is -4.07. The topological polar surface area (TPSA) is 163 Å². The highest BCUT2D eigenvalue weighted by atomic mass is 35.5. The lowest BCUT2D eigenvalue weighted by Crippen LogP contribution is -2.15. The maximum absolute atomic E-state index is 13.6. The molecule has 0 aliphatic rings. The van der Waals surface area contributed by atoms with Crippen molar-refractivity contribution in [1.29, 1.82) is 0 Å². The van der Waals surface area contributed by atoms with E-state index in [1.807, 2.05) is 19.2 Å². The Balaban J connectivity index is 0.00000353. The summed E-state index contributed by atoms with van der Waals surface area (Å²) in [5.41, 5.74) is 8.61. The van der Waals surface area contributed by atoms with Gasteiger partial charge in [0.1, 0.15) is 34.2 Å². The number of aryl methyl sites for hydroxylation is 1. The fraction of sp³-hybridized carbons (Fsp3) is 0.240. The van der Waals surface area contributed by atoms with E-state index in [1.54, 1.807) is 47.5 Å². The number of fused-ring (bicyclic) bond motifs is 1. The van der Waals surface area contributed by atoms with Crippen molar-refractivity contribution in [2.75, 3.05) is 11.8 Å². The van der Waals surface area contributed by atoms with E-state index in [0.29, 0.717) is 42.1 Å². The molecule has 0 fully saturated rings. The normalized spacial score (nSPS) is 11.4. The Morgan fingerprint density at radius 2 is 2.00 bits per heavy atom. The average molecular weight is 574 g/mol. The zero-order valence-corrected chi connectivity index (χ0v) is 22.9. The van der Waals surface area contributed by atoms with Gasteiger partial charge in [-0.05, 0) is 41.8 Å². The summed E-state index contributed by atoms with van der Waals surface area (Å²) >= 11 is 0. The van der Waals surface area contributed by atoms with Gasteiger partial charge in [0, 0.05) is 30.7 Å². The van der Waals surface area contributed by atoms with Crippen molar-refractivity contribution >= 4 is 39.2 Å². The van der Waals surface area contributed by atoms with Crippen LogP contribution in [0, 0.1) is 0 Å². The largest absolute Gasteiger partial charge is 0.496 e. The number of nitrogens with one attached hydrogen (secondary N) is 2. The summed E-state index contributed by atoms with van der Waals surface area (Å²) in [6, 6.07) is 8.59. The first kappa shape index (κ1) is 28.0. The number of benzene rings is 2. The molecule has 3 aromatic heterocycles. The summed E-state index contributed by atoms with van der Waals surface area (Å²) < 4.78 is 48.3. The molecule has 0 saturated carbocycles. The van der Waals surface area contributed by atoms with Crippen LogP contribution in [0.25, 0.3) is 11.0 Å². The minimum absolute atomic E-state index is 0. The van der Waals surface area contributed by atoms with E-state index >= 15 is 0 Å². The lowest BCUT2D eigenvalue weighted by atomic mass is 10.1. The van der Waals surface area contributed by atoms with Crippen molar-refractivity contribution in [1.82, 2.24) is 24.9 Å². The molecule has 39 heavy (non-hydrogen) atoms. The van der Waals surface area contributed by atoms with Crippen molar-refractivity contribution in [3.05, 3.63) is 77.6 Å². The van der Waals surface area contributed by atoms with Crippen LogP contribution in [0.5, 0.6) is 11.5 Å². The van der Waals surface area contributed by atoms with Gasteiger partial charge in [-0.1, -0.05) is 18.1 Å². The first-order chi connectivity index (χ1) is 18.4. The predicted octanol–water partition coefficient (Wildman–Crippen LogP) is 3.63. The van der Waals surface area contributed by atoms with E-state index in [9.17, 15) is 8.42 Å². The van der Waals surface area contributed by atoms with Crippen molar-refractivity contribution in [3.8, 4) is 11.5 Å². The number of hydrogen-bond acceptors (Lipinski definition) is 9.